The molecule has 4 rings (SSSR count). The van der Waals surface area contributed by atoms with Gasteiger partial charge in [-0.15, -0.1) is 10.2 Å². The Labute approximate surface area is 191 Å². The van der Waals surface area contributed by atoms with Crippen LogP contribution in [0.2, 0.25) is 0 Å². The summed E-state index contributed by atoms with van der Waals surface area (Å²) in [7, 11) is 0. The summed E-state index contributed by atoms with van der Waals surface area (Å²) >= 11 is 0.827. The van der Waals surface area contributed by atoms with Gasteiger partial charge in [-0.1, -0.05) is 23.9 Å². The van der Waals surface area contributed by atoms with Crippen LogP contribution in [-0.4, -0.2) is 49.5 Å². The number of amides is 2. The first-order chi connectivity index (χ1) is 15.8. The molecule has 2 N–H and O–H groups in total. The number of hydrogen-bond donors (Lipinski definition) is 2. The Balaban J connectivity index is 1.47. The second kappa shape index (κ2) is 9.61. The number of aromatic nitrogens is 4. The Morgan fingerprint density at radius 3 is 2.52 bits per heavy atom. The minimum Gasteiger partial charge on any atom is -0.349 e. The first-order valence-electron chi connectivity index (χ1n) is 10.0. The molecule has 172 valence electrons. The van der Waals surface area contributed by atoms with Crippen LogP contribution in [0.4, 0.5) is 18.9 Å². The Kier molecular flexibility index (Phi) is 6.63. The molecule has 0 spiro atoms. The molecule has 0 saturated heterocycles. The summed E-state index contributed by atoms with van der Waals surface area (Å²) in [5.74, 6) is -0.961. The highest BCUT2D eigenvalue weighted by Gasteiger charge is 2.32. The molecule has 0 radical (unpaired) electrons. The van der Waals surface area contributed by atoms with E-state index < -0.39 is 18.6 Å². The molecule has 1 fully saturated rings. The normalized spacial score (nSPS) is 13.5. The predicted octanol–water partition coefficient (Wildman–Crippen LogP) is 3.53. The van der Waals surface area contributed by atoms with E-state index in [0.717, 1.165) is 29.2 Å². The number of nitrogens with one attached hydrogen (secondary N) is 2. The third kappa shape index (κ3) is 6.09. The van der Waals surface area contributed by atoms with Crippen LogP contribution in [0.1, 0.15) is 23.2 Å². The lowest BCUT2D eigenvalue weighted by atomic mass is 10.1. The van der Waals surface area contributed by atoms with E-state index in [4.69, 9.17) is 0 Å². The van der Waals surface area contributed by atoms with Crippen molar-refractivity contribution >= 4 is 29.3 Å². The number of alkyl halides is 3. The lowest BCUT2D eigenvalue weighted by Crippen LogP contribution is -2.27. The number of para-hydroxylation sites is 1. The van der Waals surface area contributed by atoms with Crippen molar-refractivity contribution in [2.75, 3.05) is 11.1 Å². The number of halogens is 3. The van der Waals surface area contributed by atoms with Gasteiger partial charge in [0, 0.05) is 24.0 Å². The quantitative estimate of drug-likeness (QED) is 0.483. The van der Waals surface area contributed by atoms with E-state index in [1.54, 1.807) is 24.3 Å². The summed E-state index contributed by atoms with van der Waals surface area (Å²) in [5.41, 5.74) is 1.08. The number of carbonyl (C=O) groups is 2. The van der Waals surface area contributed by atoms with Gasteiger partial charge >= 0.3 is 6.18 Å². The fraction of sp³-hybridized carbons (Fsp3) is 0.286. The smallest absolute Gasteiger partial charge is 0.349 e. The van der Waals surface area contributed by atoms with Crippen LogP contribution in [0.15, 0.2) is 53.9 Å². The lowest BCUT2D eigenvalue weighted by molar-refractivity contribution is -0.141. The average molecular weight is 476 g/mol. The molecular weight excluding hydrogens is 457 g/mol. The Morgan fingerprint density at radius 2 is 1.82 bits per heavy atom. The van der Waals surface area contributed by atoms with Crippen LogP contribution in [0.5, 0.6) is 0 Å². The largest absolute Gasteiger partial charge is 0.406 e. The number of benzene rings is 1. The first kappa shape index (κ1) is 22.8. The number of rotatable bonds is 8. The van der Waals surface area contributed by atoms with E-state index >= 15 is 0 Å². The van der Waals surface area contributed by atoms with E-state index in [2.05, 4.69) is 25.8 Å². The van der Waals surface area contributed by atoms with Crippen molar-refractivity contribution in [3.05, 3.63) is 54.4 Å². The van der Waals surface area contributed by atoms with Gasteiger partial charge in [0.1, 0.15) is 6.54 Å². The zero-order valence-corrected chi connectivity index (χ0v) is 18.0. The SMILES string of the molecule is O=C(CSc1nnc(-c2ccncc2)n1CC(F)(F)F)Nc1ccccc1C(=O)NC1CC1. The van der Waals surface area contributed by atoms with E-state index in [-0.39, 0.29) is 28.7 Å². The Hall–Kier alpha value is -3.41. The minimum absolute atomic E-state index is 0.0275. The average Bonchev–Trinajstić information content (AvgIpc) is 3.51. The highest BCUT2D eigenvalue weighted by molar-refractivity contribution is 7.99. The summed E-state index contributed by atoms with van der Waals surface area (Å²) in [5, 5.41) is 13.2. The predicted molar refractivity (Wildman–Crippen MR) is 116 cm³/mol. The van der Waals surface area contributed by atoms with Gasteiger partial charge in [-0.2, -0.15) is 13.2 Å². The first-order valence-corrected chi connectivity index (χ1v) is 11.0. The van der Waals surface area contributed by atoms with Gasteiger partial charge in [-0.3, -0.25) is 19.1 Å². The topological polar surface area (TPSA) is 102 Å². The molecule has 0 bridgehead atoms. The Morgan fingerprint density at radius 1 is 1.09 bits per heavy atom. The van der Waals surface area contributed by atoms with Crippen molar-refractivity contribution in [2.24, 2.45) is 0 Å². The van der Waals surface area contributed by atoms with Gasteiger partial charge in [0.2, 0.25) is 5.91 Å². The molecule has 1 aromatic carbocycles. The Bertz CT molecular complexity index is 1150. The number of thioether (sulfide) groups is 1. The van der Waals surface area contributed by atoms with E-state index in [9.17, 15) is 22.8 Å². The monoisotopic (exact) mass is 476 g/mol. The highest BCUT2D eigenvalue weighted by Crippen LogP contribution is 2.28. The molecule has 0 atom stereocenters. The summed E-state index contributed by atoms with van der Waals surface area (Å²) in [6.45, 7) is -1.30. The molecule has 8 nitrogen and oxygen atoms in total. The summed E-state index contributed by atoms with van der Waals surface area (Å²) < 4.78 is 40.5. The molecule has 2 amide bonds. The fourth-order valence-electron chi connectivity index (χ4n) is 3.03. The molecule has 0 aliphatic heterocycles. The third-order valence-electron chi connectivity index (χ3n) is 4.68. The molecule has 2 heterocycles. The number of hydrogen-bond acceptors (Lipinski definition) is 6. The van der Waals surface area contributed by atoms with Crippen molar-refractivity contribution in [1.82, 2.24) is 25.1 Å². The molecule has 3 aromatic rings. The van der Waals surface area contributed by atoms with Crippen molar-refractivity contribution in [3.8, 4) is 11.4 Å². The third-order valence-corrected chi connectivity index (χ3v) is 5.65. The van der Waals surface area contributed by atoms with Gasteiger partial charge in [-0.25, -0.2) is 0 Å². The standard InChI is InChI=1S/C21H19F3N6O2S/c22-21(23,24)12-30-18(13-7-9-25-10-8-13)28-29-20(30)33-11-17(31)27-16-4-2-1-3-15(16)19(32)26-14-5-6-14/h1-4,7-10,14H,5-6,11-12H2,(H,26,32)(H,27,31). The number of nitrogens with zero attached hydrogens (tertiary/aromatic N) is 4. The second-order valence-corrected chi connectivity index (χ2v) is 8.32. The van der Waals surface area contributed by atoms with Gasteiger partial charge in [0.05, 0.1) is 17.0 Å². The molecule has 12 heteroatoms. The molecule has 33 heavy (non-hydrogen) atoms. The van der Waals surface area contributed by atoms with Crippen LogP contribution in [0.25, 0.3) is 11.4 Å². The van der Waals surface area contributed by atoms with Crippen molar-refractivity contribution < 1.29 is 22.8 Å². The molecule has 0 unspecified atom stereocenters. The molecule has 1 saturated carbocycles. The minimum atomic E-state index is -4.50. The summed E-state index contributed by atoms with van der Waals surface area (Å²) in [6, 6.07) is 9.78. The van der Waals surface area contributed by atoms with Crippen molar-refractivity contribution in [3.63, 3.8) is 0 Å². The second-order valence-electron chi connectivity index (χ2n) is 7.37. The maximum Gasteiger partial charge on any atom is 0.406 e. The van der Waals surface area contributed by atoms with Gasteiger partial charge < -0.3 is 10.6 Å². The fourth-order valence-corrected chi connectivity index (χ4v) is 3.77. The summed E-state index contributed by atoms with van der Waals surface area (Å²) in [6.07, 6.45) is 0.238. The van der Waals surface area contributed by atoms with Crippen LogP contribution in [-0.2, 0) is 11.3 Å². The van der Waals surface area contributed by atoms with Gasteiger partial charge in [0.15, 0.2) is 11.0 Å². The summed E-state index contributed by atoms with van der Waals surface area (Å²) in [4.78, 5) is 28.8. The molecule has 1 aliphatic rings. The van der Waals surface area contributed by atoms with Crippen molar-refractivity contribution in [1.29, 1.82) is 0 Å². The van der Waals surface area contributed by atoms with E-state index in [1.165, 1.54) is 24.5 Å². The number of carbonyl (C=O) groups excluding carboxylic acids is 2. The number of pyridine rings is 1. The molecular formula is C21H19F3N6O2S. The van der Waals surface area contributed by atoms with Crippen molar-refractivity contribution in [2.45, 2.75) is 36.8 Å². The molecule has 2 aromatic heterocycles. The van der Waals surface area contributed by atoms with E-state index in [1.807, 2.05) is 0 Å². The van der Waals surface area contributed by atoms with Crippen LogP contribution >= 0.6 is 11.8 Å². The molecule has 1 aliphatic carbocycles. The zero-order valence-electron chi connectivity index (χ0n) is 17.2. The van der Waals surface area contributed by atoms with Gasteiger partial charge in [0.25, 0.3) is 5.91 Å². The zero-order chi connectivity index (χ0) is 23.4. The lowest BCUT2D eigenvalue weighted by Gasteiger charge is -2.13. The maximum absolute atomic E-state index is 13.2. The van der Waals surface area contributed by atoms with Crippen LogP contribution in [0.3, 0.4) is 0 Å². The van der Waals surface area contributed by atoms with Gasteiger partial charge in [-0.05, 0) is 37.1 Å². The van der Waals surface area contributed by atoms with E-state index in [0.29, 0.717) is 16.8 Å². The van der Waals surface area contributed by atoms with Crippen LogP contribution < -0.4 is 10.6 Å². The number of anilines is 1. The van der Waals surface area contributed by atoms with Crippen LogP contribution in [0, 0.1) is 0 Å². The highest BCUT2D eigenvalue weighted by atomic mass is 32.2. The maximum atomic E-state index is 13.2.